The van der Waals surface area contributed by atoms with Crippen molar-refractivity contribution in [3.05, 3.63) is 41.8 Å². The Balaban J connectivity index is 1.48. The monoisotopic (exact) mass is 318 g/mol. The maximum atomic E-state index is 11.6. The summed E-state index contributed by atoms with van der Waals surface area (Å²) in [5.41, 5.74) is 1.30. The van der Waals surface area contributed by atoms with Crippen molar-refractivity contribution in [2.45, 2.75) is 49.2 Å². The fraction of sp³-hybridized carbons (Fsp3) is 0.438. The molecule has 0 unspecified atom stereocenters. The molecular formula is C16H18N2O3S. The second kappa shape index (κ2) is 6.96. The van der Waals surface area contributed by atoms with Gasteiger partial charge in [0.1, 0.15) is 11.4 Å². The molecule has 1 aliphatic rings. The quantitative estimate of drug-likeness (QED) is 0.763. The Labute approximate surface area is 133 Å². The average molecular weight is 318 g/mol. The van der Waals surface area contributed by atoms with Gasteiger partial charge in [-0.3, -0.25) is 4.79 Å². The molecule has 0 spiro atoms. The van der Waals surface area contributed by atoms with E-state index >= 15 is 0 Å². The minimum Gasteiger partial charge on any atom is -0.462 e. The summed E-state index contributed by atoms with van der Waals surface area (Å²) in [5.74, 6) is 0.430. The molecule has 1 aromatic heterocycles. The summed E-state index contributed by atoms with van der Waals surface area (Å²) in [6, 6.07) is 10.3. The minimum absolute atomic E-state index is 0.0294. The topological polar surface area (TPSA) is 65.2 Å². The van der Waals surface area contributed by atoms with E-state index in [0.717, 1.165) is 19.3 Å². The van der Waals surface area contributed by atoms with Gasteiger partial charge in [0.25, 0.3) is 5.22 Å². The molecule has 0 N–H and O–H groups in total. The van der Waals surface area contributed by atoms with E-state index in [1.807, 2.05) is 25.1 Å². The first-order valence-electron chi connectivity index (χ1n) is 7.44. The van der Waals surface area contributed by atoms with Crippen molar-refractivity contribution in [1.82, 2.24) is 10.2 Å². The predicted molar refractivity (Wildman–Crippen MR) is 82.6 cm³/mol. The van der Waals surface area contributed by atoms with Gasteiger partial charge in [-0.2, -0.15) is 0 Å². The van der Waals surface area contributed by atoms with Crippen LogP contribution in [0.3, 0.4) is 0 Å². The number of thioether (sulfide) groups is 1. The van der Waals surface area contributed by atoms with Crippen LogP contribution < -0.4 is 0 Å². The van der Waals surface area contributed by atoms with Crippen molar-refractivity contribution < 1.29 is 13.9 Å². The zero-order valence-corrected chi connectivity index (χ0v) is 13.2. The van der Waals surface area contributed by atoms with Gasteiger partial charge in [0.15, 0.2) is 0 Å². The Hall–Kier alpha value is -1.82. The molecule has 0 saturated carbocycles. The van der Waals surface area contributed by atoms with Crippen molar-refractivity contribution >= 4 is 17.7 Å². The lowest BCUT2D eigenvalue weighted by molar-refractivity contribution is -0.140. The molecule has 0 bridgehead atoms. The first kappa shape index (κ1) is 15.1. The van der Waals surface area contributed by atoms with Crippen LogP contribution in [-0.4, -0.2) is 27.5 Å². The Kier molecular flexibility index (Phi) is 4.77. The van der Waals surface area contributed by atoms with Crippen LogP contribution in [0.15, 0.2) is 40.0 Å². The normalized spacial score (nSPS) is 21.0. The third kappa shape index (κ3) is 3.88. The summed E-state index contributed by atoms with van der Waals surface area (Å²) >= 11 is 1.30. The fourth-order valence-corrected chi connectivity index (χ4v) is 3.41. The lowest BCUT2D eigenvalue weighted by Crippen LogP contribution is -2.09. The molecule has 6 heteroatoms. The van der Waals surface area contributed by atoms with E-state index < -0.39 is 0 Å². The molecular weight excluding hydrogens is 300 g/mol. The second-order valence-corrected chi connectivity index (χ2v) is 6.54. The molecule has 0 radical (unpaired) electrons. The zero-order valence-electron chi connectivity index (χ0n) is 12.4. The summed E-state index contributed by atoms with van der Waals surface area (Å²) in [7, 11) is 0. The fourth-order valence-electron chi connectivity index (χ4n) is 2.41. The lowest BCUT2D eigenvalue weighted by Gasteiger charge is -2.00. The van der Waals surface area contributed by atoms with Crippen LogP contribution in [0.1, 0.15) is 31.2 Å². The summed E-state index contributed by atoms with van der Waals surface area (Å²) < 4.78 is 10.7. The summed E-state index contributed by atoms with van der Waals surface area (Å²) in [6.07, 6.45) is 3.35. The molecule has 3 rings (SSSR count). The lowest BCUT2D eigenvalue weighted by atomic mass is 10.1. The first-order chi connectivity index (χ1) is 10.7. The van der Waals surface area contributed by atoms with Gasteiger partial charge < -0.3 is 9.15 Å². The molecule has 2 atom stereocenters. The molecule has 1 aliphatic heterocycles. The van der Waals surface area contributed by atoms with Crippen LogP contribution >= 0.6 is 11.8 Å². The predicted octanol–water partition coefficient (Wildman–Crippen LogP) is 3.04. The van der Waals surface area contributed by atoms with Crippen LogP contribution in [0.5, 0.6) is 0 Å². The van der Waals surface area contributed by atoms with E-state index in [2.05, 4.69) is 22.3 Å². The van der Waals surface area contributed by atoms with Gasteiger partial charge >= 0.3 is 5.97 Å². The van der Waals surface area contributed by atoms with E-state index in [0.29, 0.717) is 17.5 Å². The summed E-state index contributed by atoms with van der Waals surface area (Å²) in [4.78, 5) is 11.6. The highest BCUT2D eigenvalue weighted by atomic mass is 32.2. The van der Waals surface area contributed by atoms with Crippen molar-refractivity contribution in [2.75, 3.05) is 0 Å². The number of aryl methyl sites for hydroxylation is 2. The number of ether oxygens (including phenoxy) is 1. The largest absolute Gasteiger partial charge is 0.462 e. The van der Waals surface area contributed by atoms with Crippen LogP contribution in [0, 0.1) is 0 Å². The molecule has 2 aromatic rings. The molecule has 2 heterocycles. The standard InChI is InChI=1S/C16H18N2O3S/c1-11-10-13(15(19)20-11)22-16-18-17-14(21-16)9-5-8-12-6-3-2-4-7-12/h2-4,6-7,11,13H,5,8-10H2,1H3/t11-,13-/m0/s1. The maximum absolute atomic E-state index is 11.6. The van der Waals surface area contributed by atoms with Gasteiger partial charge in [-0.15, -0.1) is 10.2 Å². The van der Waals surface area contributed by atoms with Crippen LogP contribution in [0.4, 0.5) is 0 Å². The Morgan fingerprint density at radius 1 is 1.23 bits per heavy atom. The molecule has 0 aliphatic carbocycles. The third-order valence-electron chi connectivity index (χ3n) is 3.52. The van der Waals surface area contributed by atoms with E-state index in [9.17, 15) is 4.79 Å². The number of nitrogens with zero attached hydrogens (tertiary/aromatic N) is 2. The highest BCUT2D eigenvalue weighted by Gasteiger charge is 2.34. The number of carbonyl (C=O) groups excluding carboxylic acids is 1. The van der Waals surface area contributed by atoms with Crippen LogP contribution in [0.2, 0.25) is 0 Å². The number of aromatic nitrogens is 2. The molecule has 0 amide bonds. The molecule has 1 aromatic carbocycles. The minimum atomic E-state index is -0.229. The number of hydrogen-bond acceptors (Lipinski definition) is 6. The van der Waals surface area contributed by atoms with Gasteiger partial charge in [0.2, 0.25) is 5.89 Å². The highest BCUT2D eigenvalue weighted by molar-refractivity contribution is 8.00. The molecule has 5 nitrogen and oxygen atoms in total. The van der Waals surface area contributed by atoms with Gasteiger partial charge in [0.05, 0.1) is 0 Å². The van der Waals surface area contributed by atoms with Crippen LogP contribution in [0.25, 0.3) is 0 Å². The Morgan fingerprint density at radius 2 is 2.05 bits per heavy atom. The van der Waals surface area contributed by atoms with Crippen molar-refractivity contribution in [3.63, 3.8) is 0 Å². The number of carbonyl (C=O) groups is 1. The molecule has 22 heavy (non-hydrogen) atoms. The third-order valence-corrected chi connectivity index (χ3v) is 4.55. The maximum Gasteiger partial charge on any atom is 0.320 e. The Bertz CT molecular complexity index is 629. The summed E-state index contributed by atoms with van der Waals surface area (Å²) in [6.45, 7) is 1.89. The van der Waals surface area contributed by atoms with Crippen molar-refractivity contribution in [1.29, 1.82) is 0 Å². The SMILES string of the molecule is C[C@H]1C[C@H](Sc2nnc(CCCc3ccccc3)o2)C(=O)O1. The van der Waals surface area contributed by atoms with E-state index in [1.54, 1.807) is 0 Å². The van der Waals surface area contributed by atoms with E-state index in [4.69, 9.17) is 9.15 Å². The number of esters is 1. The van der Waals surface area contributed by atoms with Gasteiger partial charge in [-0.05, 0) is 37.1 Å². The summed E-state index contributed by atoms with van der Waals surface area (Å²) in [5, 5.41) is 8.27. The van der Waals surface area contributed by atoms with Crippen molar-refractivity contribution in [2.24, 2.45) is 0 Å². The number of cyclic esters (lactones) is 1. The number of benzene rings is 1. The molecule has 1 fully saturated rings. The Morgan fingerprint density at radius 3 is 2.77 bits per heavy atom. The van der Waals surface area contributed by atoms with Gasteiger partial charge in [-0.25, -0.2) is 0 Å². The molecule has 116 valence electrons. The average Bonchev–Trinajstić information content (AvgIpc) is 3.07. The number of hydrogen-bond donors (Lipinski definition) is 0. The highest BCUT2D eigenvalue weighted by Crippen LogP contribution is 2.31. The van der Waals surface area contributed by atoms with E-state index in [1.165, 1.54) is 17.3 Å². The van der Waals surface area contributed by atoms with Gasteiger partial charge in [0, 0.05) is 12.8 Å². The first-order valence-corrected chi connectivity index (χ1v) is 8.32. The molecule has 1 saturated heterocycles. The van der Waals surface area contributed by atoms with Crippen molar-refractivity contribution in [3.8, 4) is 0 Å². The second-order valence-electron chi connectivity index (χ2n) is 5.39. The van der Waals surface area contributed by atoms with E-state index in [-0.39, 0.29) is 17.3 Å². The zero-order chi connectivity index (χ0) is 15.4. The van der Waals surface area contributed by atoms with Crippen LogP contribution in [-0.2, 0) is 22.4 Å². The van der Waals surface area contributed by atoms with Gasteiger partial charge in [-0.1, -0.05) is 30.3 Å². The smallest absolute Gasteiger partial charge is 0.320 e. The number of rotatable bonds is 6.